The summed E-state index contributed by atoms with van der Waals surface area (Å²) >= 11 is 0. The molecule has 92 valence electrons. The van der Waals surface area contributed by atoms with Gasteiger partial charge in [-0.2, -0.15) is 0 Å². The van der Waals surface area contributed by atoms with Crippen LogP contribution in [0.1, 0.15) is 21.9 Å². The first-order chi connectivity index (χ1) is 8.56. The molecule has 18 heavy (non-hydrogen) atoms. The van der Waals surface area contributed by atoms with Gasteiger partial charge in [0.05, 0.1) is 0 Å². The average Bonchev–Trinajstić information content (AvgIpc) is 2.77. The number of aryl methyl sites for hydroxylation is 1. The van der Waals surface area contributed by atoms with Crippen LogP contribution in [0.3, 0.4) is 0 Å². The molecule has 2 nitrogen and oxygen atoms in total. The number of allylic oxidation sites excluding steroid dienone is 1. The summed E-state index contributed by atoms with van der Waals surface area (Å²) in [5.74, 6) is -1.34. The highest BCUT2D eigenvalue weighted by Gasteiger charge is 2.06. The number of hydrogen-bond donors (Lipinski definition) is 0. The van der Waals surface area contributed by atoms with Crippen LogP contribution in [0, 0.1) is 18.6 Å². The molecule has 1 heterocycles. The maximum atomic E-state index is 12.9. The second kappa shape index (κ2) is 4.96. The predicted octanol–water partition coefficient (Wildman–Crippen LogP) is 3.76. The number of carbonyl (C=O) groups excluding carboxylic acids is 1. The van der Waals surface area contributed by atoms with Crippen molar-refractivity contribution in [3.63, 3.8) is 0 Å². The number of benzene rings is 1. The molecular weight excluding hydrogens is 238 g/mol. The molecule has 2 aromatic rings. The van der Waals surface area contributed by atoms with Crippen LogP contribution in [0.5, 0.6) is 0 Å². The van der Waals surface area contributed by atoms with Gasteiger partial charge in [-0.15, -0.1) is 0 Å². The van der Waals surface area contributed by atoms with Crippen LogP contribution in [0.4, 0.5) is 8.78 Å². The van der Waals surface area contributed by atoms with Crippen molar-refractivity contribution in [2.24, 2.45) is 0 Å². The van der Waals surface area contributed by atoms with Crippen molar-refractivity contribution >= 4 is 11.9 Å². The molecule has 1 aromatic heterocycles. The second-order valence-corrected chi connectivity index (χ2v) is 3.78. The Morgan fingerprint density at radius 1 is 1.17 bits per heavy atom. The van der Waals surface area contributed by atoms with Crippen LogP contribution < -0.4 is 0 Å². The van der Waals surface area contributed by atoms with Crippen LogP contribution in [-0.2, 0) is 0 Å². The zero-order valence-corrected chi connectivity index (χ0v) is 9.61. The number of halogens is 2. The standard InChI is InChI=1S/C14H10F2O2/c1-9-2-7-14(18-9)13(17)6-4-10-3-5-11(15)12(16)8-10/h2-8H,1H3/b6-4+. The zero-order chi connectivity index (χ0) is 13.1. The third kappa shape index (κ3) is 2.71. The summed E-state index contributed by atoms with van der Waals surface area (Å²) in [5, 5.41) is 0. The van der Waals surface area contributed by atoms with E-state index in [4.69, 9.17) is 4.42 Å². The Morgan fingerprint density at radius 2 is 1.94 bits per heavy atom. The molecule has 0 atom stereocenters. The quantitative estimate of drug-likeness (QED) is 0.611. The third-order valence-corrected chi connectivity index (χ3v) is 2.35. The Hall–Kier alpha value is -2.23. The van der Waals surface area contributed by atoms with E-state index in [0.29, 0.717) is 11.3 Å². The van der Waals surface area contributed by atoms with E-state index >= 15 is 0 Å². The van der Waals surface area contributed by atoms with Gasteiger partial charge >= 0.3 is 0 Å². The van der Waals surface area contributed by atoms with Crippen molar-refractivity contribution in [1.29, 1.82) is 0 Å². The number of ketones is 1. The Kier molecular flexibility index (Phi) is 3.37. The molecule has 0 N–H and O–H groups in total. The summed E-state index contributed by atoms with van der Waals surface area (Å²) in [6.07, 6.45) is 2.66. The minimum atomic E-state index is -0.946. The highest BCUT2D eigenvalue weighted by molar-refractivity contribution is 6.04. The van der Waals surface area contributed by atoms with Crippen molar-refractivity contribution in [3.8, 4) is 0 Å². The van der Waals surface area contributed by atoms with Gasteiger partial charge < -0.3 is 4.42 Å². The zero-order valence-electron chi connectivity index (χ0n) is 9.61. The first kappa shape index (κ1) is 12.2. The van der Waals surface area contributed by atoms with Gasteiger partial charge in [-0.25, -0.2) is 8.78 Å². The van der Waals surface area contributed by atoms with Gasteiger partial charge in [0.1, 0.15) is 5.76 Å². The van der Waals surface area contributed by atoms with E-state index in [9.17, 15) is 13.6 Å². The SMILES string of the molecule is Cc1ccc(C(=O)/C=C/c2ccc(F)c(F)c2)o1. The predicted molar refractivity (Wildman–Crippen MR) is 63.2 cm³/mol. The van der Waals surface area contributed by atoms with Gasteiger partial charge in [-0.3, -0.25) is 4.79 Å². The molecule has 0 saturated carbocycles. The van der Waals surface area contributed by atoms with E-state index in [1.165, 1.54) is 18.2 Å². The van der Waals surface area contributed by atoms with E-state index in [-0.39, 0.29) is 11.5 Å². The van der Waals surface area contributed by atoms with Crippen molar-refractivity contribution in [2.75, 3.05) is 0 Å². The highest BCUT2D eigenvalue weighted by atomic mass is 19.2. The molecule has 4 heteroatoms. The minimum Gasteiger partial charge on any atom is -0.458 e. The van der Waals surface area contributed by atoms with Gasteiger partial charge in [0, 0.05) is 0 Å². The van der Waals surface area contributed by atoms with Gasteiger partial charge in [0.15, 0.2) is 17.4 Å². The van der Waals surface area contributed by atoms with Gasteiger partial charge in [-0.1, -0.05) is 12.1 Å². The summed E-state index contributed by atoms with van der Waals surface area (Å²) in [5.41, 5.74) is 0.408. The molecule has 0 unspecified atom stereocenters. The molecule has 0 amide bonds. The van der Waals surface area contributed by atoms with Crippen LogP contribution >= 0.6 is 0 Å². The summed E-state index contributed by atoms with van der Waals surface area (Å²) in [4.78, 5) is 11.6. The monoisotopic (exact) mass is 248 g/mol. The Balaban J connectivity index is 2.15. The first-order valence-electron chi connectivity index (χ1n) is 5.30. The van der Waals surface area contributed by atoms with Gasteiger partial charge in [-0.05, 0) is 42.8 Å². The molecule has 0 aliphatic carbocycles. The van der Waals surface area contributed by atoms with Crippen LogP contribution in [0.2, 0.25) is 0 Å². The van der Waals surface area contributed by atoms with E-state index in [0.717, 1.165) is 12.1 Å². The maximum Gasteiger partial charge on any atom is 0.221 e. The Morgan fingerprint density at radius 3 is 2.56 bits per heavy atom. The molecule has 1 aromatic carbocycles. The van der Waals surface area contributed by atoms with E-state index in [1.807, 2.05) is 0 Å². The lowest BCUT2D eigenvalue weighted by Gasteiger charge is -1.95. The number of carbonyl (C=O) groups is 1. The smallest absolute Gasteiger partial charge is 0.221 e. The summed E-state index contributed by atoms with van der Waals surface area (Å²) < 4.78 is 30.7. The normalized spacial score (nSPS) is 11.1. The molecule has 0 bridgehead atoms. The highest BCUT2D eigenvalue weighted by Crippen LogP contribution is 2.12. The van der Waals surface area contributed by atoms with Crippen LogP contribution in [0.25, 0.3) is 6.08 Å². The van der Waals surface area contributed by atoms with Crippen LogP contribution in [-0.4, -0.2) is 5.78 Å². The van der Waals surface area contributed by atoms with Crippen molar-refractivity contribution in [3.05, 3.63) is 65.1 Å². The molecule has 2 rings (SSSR count). The molecule has 0 aliphatic rings. The fourth-order valence-electron chi connectivity index (χ4n) is 1.44. The number of furan rings is 1. The Bertz CT molecular complexity index is 612. The average molecular weight is 248 g/mol. The summed E-state index contributed by atoms with van der Waals surface area (Å²) in [6, 6.07) is 6.66. The lowest BCUT2D eigenvalue weighted by molar-refractivity contribution is 0.102. The number of hydrogen-bond acceptors (Lipinski definition) is 2. The van der Waals surface area contributed by atoms with E-state index in [1.54, 1.807) is 19.1 Å². The second-order valence-electron chi connectivity index (χ2n) is 3.78. The fourth-order valence-corrected chi connectivity index (χ4v) is 1.44. The van der Waals surface area contributed by atoms with Crippen molar-refractivity contribution in [2.45, 2.75) is 6.92 Å². The first-order valence-corrected chi connectivity index (χ1v) is 5.30. The van der Waals surface area contributed by atoms with Gasteiger partial charge in [0.2, 0.25) is 5.78 Å². The van der Waals surface area contributed by atoms with E-state index in [2.05, 4.69) is 0 Å². The molecule has 0 aliphatic heterocycles. The van der Waals surface area contributed by atoms with Crippen LogP contribution in [0.15, 0.2) is 40.8 Å². The van der Waals surface area contributed by atoms with Gasteiger partial charge in [0.25, 0.3) is 0 Å². The summed E-state index contributed by atoms with van der Waals surface area (Å²) in [6.45, 7) is 1.73. The van der Waals surface area contributed by atoms with Crippen molar-refractivity contribution < 1.29 is 18.0 Å². The maximum absolute atomic E-state index is 12.9. The molecule has 0 fully saturated rings. The lowest BCUT2D eigenvalue weighted by atomic mass is 10.1. The molecule has 0 saturated heterocycles. The fraction of sp³-hybridized carbons (Fsp3) is 0.0714. The minimum absolute atomic E-state index is 0.214. The Labute approximate surface area is 103 Å². The van der Waals surface area contributed by atoms with E-state index < -0.39 is 11.6 Å². The molecule has 0 radical (unpaired) electrons. The lowest BCUT2D eigenvalue weighted by Crippen LogP contribution is -1.91. The topological polar surface area (TPSA) is 30.2 Å². The number of rotatable bonds is 3. The summed E-state index contributed by atoms with van der Waals surface area (Å²) in [7, 11) is 0. The largest absolute Gasteiger partial charge is 0.458 e. The molecular formula is C14H10F2O2. The third-order valence-electron chi connectivity index (χ3n) is 2.35. The van der Waals surface area contributed by atoms with Crippen molar-refractivity contribution in [1.82, 2.24) is 0 Å². The molecule has 0 spiro atoms.